The lowest BCUT2D eigenvalue weighted by Crippen LogP contribution is -2.48. The molecule has 0 bridgehead atoms. The number of aliphatic hydroxyl groups is 2. The lowest BCUT2D eigenvalue weighted by molar-refractivity contribution is -0.129. The second-order valence-electron chi connectivity index (χ2n) is 20.9. The van der Waals surface area contributed by atoms with E-state index in [2.05, 4.69) is 52.5 Å². The molecular formula is C62H62Cl2N12O6. The highest BCUT2D eigenvalue weighted by atomic mass is 35.5. The minimum atomic E-state index is -0.847. The maximum absolute atomic E-state index is 13.8. The number of fused-ring (bicyclic) bond motifs is 4. The molecule has 0 saturated carbocycles. The van der Waals surface area contributed by atoms with Gasteiger partial charge in [0, 0.05) is 111 Å². The first kappa shape index (κ1) is 55.2. The van der Waals surface area contributed by atoms with Crippen LogP contribution in [-0.4, -0.2) is 127 Å². The second kappa shape index (κ2) is 23.4. The molecule has 82 heavy (non-hydrogen) atoms. The number of nitrogens with zero attached hydrogens (tertiary/aromatic N) is 6. The number of aryl methyl sites for hydroxylation is 2. The van der Waals surface area contributed by atoms with E-state index < -0.39 is 12.2 Å². The van der Waals surface area contributed by atoms with E-state index in [1.807, 2.05) is 90.4 Å². The third kappa shape index (κ3) is 11.5. The van der Waals surface area contributed by atoms with Crippen LogP contribution in [0.1, 0.15) is 48.3 Å². The van der Waals surface area contributed by atoms with Crippen molar-refractivity contribution in [3.63, 3.8) is 0 Å². The molecular weight excluding hydrogens is 1080 g/mol. The number of piperazine rings is 2. The quantitative estimate of drug-likeness (QED) is 0.0571. The van der Waals surface area contributed by atoms with Gasteiger partial charge in [-0.2, -0.15) is 0 Å². The minimum Gasteiger partial charge on any atom is -0.387 e. The fourth-order valence-electron chi connectivity index (χ4n) is 11.0. The van der Waals surface area contributed by atoms with E-state index in [1.165, 1.54) is 0 Å². The molecule has 12 rings (SSSR count). The molecule has 2 fully saturated rings. The zero-order valence-corrected chi connectivity index (χ0v) is 47.3. The first-order valence-electron chi connectivity index (χ1n) is 27.2. The molecule has 2 aliphatic rings. The van der Waals surface area contributed by atoms with Crippen LogP contribution in [0.3, 0.4) is 0 Å². The monoisotopic (exact) mass is 1140 g/mol. The molecule has 2 aliphatic heterocycles. The van der Waals surface area contributed by atoms with Crippen LogP contribution in [0.2, 0.25) is 10.0 Å². The number of carbonyl (C=O) groups is 2. The van der Waals surface area contributed by atoms with Crippen LogP contribution in [-0.2, 0) is 9.59 Å². The summed E-state index contributed by atoms with van der Waals surface area (Å²) >= 11 is 12.3. The lowest BCUT2D eigenvalue weighted by atomic mass is 10.1. The third-order valence-electron chi connectivity index (χ3n) is 15.4. The van der Waals surface area contributed by atoms with Crippen LogP contribution in [0.15, 0.2) is 131 Å². The number of aromatic nitrogens is 6. The molecule has 18 nitrogen and oxygen atoms in total. The summed E-state index contributed by atoms with van der Waals surface area (Å²) in [6.07, 6.45) is -1.69. The van der Waals surface area contributed by atoms with Gasteiger partial charge >= 0.3 is 0 Å². The van der Waals surface area contributed by atoms with E-state index in [1.54, 1.807) is 56.3 Å². The first-order valence-corrected chi connectivity index (χ1v) is 28.0. The number of aliphatic hydroxyl groups excluding tert-OH is 2. The van der Waals surface area contributed by atoms with Crippen LogP contribution in [0, 0.1) is 13.8 Å². The summed E-state index contributed by atoms with van der Waals surface area (Å²) in [5, 5.41) is 30.8. The van der Waals surface area contributed by atoms with Crippen molar-refractivity contribution in [3.05, 3.63) is 174 Å². The van der Waals surface area contributed by atoms with Crippen molar-refractivity contribution in [1.82, 2.24) is 39.7 Å². The number of para-hydroxylation sites is 2. The number of hydrogen-bond donors (Lipinski definition) is 8. The van der Waals surface area contributed by atoms with Gasteiger partial charge in [0.05, 0.1) is 51.0 Å². The highest BCUT2D eigenvalue weighted by Crippen LogP contribution is 2.35. The molecule has 6 aromatic carbocycles. The van der Waals surface area contributed by atoms with Gasteiger partial charge in [-0.25, -0.2) is 9.97 Å². The number of imidazole rings is 2. The fraction of sp³-hybridized carbons (Fsp3) is 0.258. The predicted molar refractivity (Wildman–Crippen MR) is 328 cm³/mol. The topological polar surface area (TPSA) is 235 Å². The Morgan fingerprint density at radius 2 is 1.01 bits per heavy atom. The molecule has 4 aromatic heterocycles. The lowest BCUT2D eigenvalue weighted by Gasteiger charge is -2.35. The minimum absolute atomic E-state index is 0.0969. The number of pyridine rings is 2. The van der Waals surface area contributed by atoms with Gasteiger partial charge in [0.2, 0.25) is 17.2 Å². The number of H-pyrrole nitrogens is 4. The van der Waals surface area contributed by atoms with Crippen LogP contribution in [0.4, 0.5) is 22.9 Å². The summed E-state index contributed by atoms with van der Waals surface area (Å²) in [7, 11) is 0. The SMILES string of the molecule is CC(=O)N1CCN(c2cc(C)c3nc(-c4c(NC[C@@H](O)c5cccc(Cl)c5)[nH]c5ccccc5c4=O)[nH]c3c2)CC1.CC(=O)N1CCN(c2cc(C)c3nc(-c4c(NC[C@@H](O)c5cccc(Cl)c5)c5ccccc5[nH]c4=O)[nH]c3c2)CC1. The van der Waals surface area contributed by atoms with Crippen molar-refractivity contribution in [2.45, 2.75) is 39.9 Å². The smallest absolute Gasteiger partial charge is 0.261 e. The van der Waals surface area contributed by atoms with Crippen molar-refractivity contribution in [2.75, 3.05) is 85.9 Å². The van der Waals surface area contributed by atoms with Gasteiger partial charge in [-0.05, 0) is 103 Å². The number of halogens is 2. The van der Waals surface area contributed by atoms with Gasteiger partial charge in [0.15, 0.2) is 0 Å². The standard InChI is InChI=1S/2C31H31ClN6O3/c1-18-14-22(38-12-10-37(11-13-38)19(2)39)16-25-28(18)36-31(35-25)27-29(41)23-8-3-4-9-24(23)34-30(27)33-17-26(40)20-6-5-7-21(32)15-20;1-18-14-22(38-12-10-37(11-13-38)19(2)39)16-25-28(18)36-30(34-25)27-29(23-8-3-4-9-24(23)35-31(27)41)33-17-26(40)20-6-5-7-21(32)15-20/h3-9,14-16,26,40H,10-13,17H2,1-2H3,(H,35,36)(H2,33,34,41);3-9,14-16,26,40H,10-13,17H2,1-2H3,(H,34,36)(H2,33,35,41)/t2*26-/m11/s1. The molecule has 10 aromatic rings. The Morgan fingerprint density at radius 3 is 1.51 bits per heavy atom. The Bertz CT molecular complexity index is 4060. The third-order valence-corrected chi connectivity index (χ3v) is 15.9. The molecule has 420 valence electrons. The molecule has 0 radical (unpaired) electrons. The molecule has 2 amide bonds. The zero-order chi connectivity index (χ0) is 57.3. The molecule has 0 unspecified atom stereocenters. The normalized spacial score (nSPS) is 14.5. The van der Waals surface area contributed by atoms with Gasteiger partial charge in [0.25, 0.3) is 5.56 Å². The number of benzene rings is 6. The summed E-state index contributed by atoms with van der Waals surface area (Å²) < 4.78 is 0. The van der Waals surface area contributed by atoms with Crippen molar-refractivity contribution in [2.24, 2.45) is 0 Å². The van der Waals surface area contributed by atoms with Crippen LogP contribution in [0.25, 0.3) is 66.6 Å². The molecule has 20 heteroatoms. The average molecular weight is 1140 g/mol. The second-order valence-corrected chi connectivity index (χ2v) is 21.8. The summed E-state index contributed by atoms with van der Waals surface area (Å²) in [5.41, 5.74) is 10.8. The van der Waals surface area contributed by atoms with E-state index in [0.717, 1.165) is 76.1 Å². The fourth-order valence-corrected chi connectivity index (χ4v) is 11.4. The molecule has 2 saturated heterocycles. The Morgan fingerprint density at radius 1 is 0.549 bits per heavy atom. The van der Waals surface area contributed by atoms with Crippen LogP contribution in [0.5, 0.6) is 0 Å². The number of anilines is 4. The van der Waals surface area contributed by atoms with Crippen molar-refractivity contribution in [3.8, 4) is 22.8 Å². The molecule has 0 spiro atoms. The molecule has 8 N–H and O–H groups in total. The van der Waals surface area contributed by atoms with Crippen molar-refractivity contribution in [1.29, 1.82) is 0 Å². The largest absolute Gasteiger partial charge is 0.387 e. The molecule has 6 heterocycles. The van der Waals surface area contributed by atoms with Gasteiger partial charge in [-0.1, -0.05) is 77.8 Å². The number of hydrogen-bond acceptors (Lipinski definition) is 12. The van der Waals surface area contributed by atoms with E-state index in [9.17, 15) is 29.4 Å². The Hall–Kier alpha value is -8.68. The van der Waals surface area contributed by atoms with E-state index in [-0.39, 0.29) is 35.9 Å². The van der Waals surface area contributed by atoms with Gasteiger partial charge < -0.3 is 60.4 Å². The number of amides is 2. The average Bonchev–Trinajstić information content (AvgIpc) is 4.23. The summed E-state index contributed by atoms with van der Waals surface area (Å²) in [4.78, 5) is 81.9. The predicted octanol–water partition coefficient (Wildman–Crippen LogP) is 9.69. The zero-order valence-electron chi connectivity index (χ0n) is 45.7. The summed E-state index contributed by atoms with van der Waals surface area (Å²) in [5.74, 6) is 1.54. The number of rotatable bonds is 12. The maximum Gasteiger partial charge on any atom is 0.261 e. The number of aromatic amines is 4. The highest BCUT2D eigenvalue weighted by molar-refractivity contribution is 6.31. The van der Waals surface area contributed by atoms with E-state index >= 15 is 0 Å². The van der Waals surface area contributed by atoms with Crippen LogP contribution < -0.4 is 31.4 Å². The van der Waals surface area contributed by atoms with Crippen LogP contribution >= 0.6 is 23.2 Å². The Labute approximate surface area is 481 Å². The number of carbonyl (C=O) groups excluding carboxylic acids is 2. The molecule has 0 aliphatic carbocycles. The van der Waals surface area contributed by atoms with Gasteiger partial charge in [0.1, 0.15) is 28.6 Å². The maximum atomic E-state index is 13.8. The van der Waals surface area contributed by atoms with Gasteiger partial charge in [-0.3, -0.25) is 19.2 Å². The van der Waals surface area contributed by atoms with Crippen molar-refractivity contribution >= 4 is 102 Å². The van der Waals surface area contributed by atoms with Crippen molar-refractivity contribution < 1.29 is 19.8 Å². The summed E-state index contributed by atoms with van der Waals surface area (Å²) in [6.45, 7) is 13.3. The Balaban J connectivity index is 0.000000172. The van der Waals surface area contributed by atoms with Gasteiger partial charge in [-0.15, -0.1) is 0 Å². The van der Waals surface area contributed by atoms with E-state index in [0.29, 0.717) is 98.1 Å². The Kier molecular flexibility index (Phi) is 15.8. The van der Waals surface area contributed by atoms with E-state index in [4.69, 9.17) is 33.2 Å². The summed E-state index contributed by atoms with van der Waals surface area (Å²) in [6, 6.07) is 37.3. The number of nitrogens with one attached hydrogen (secondary N) is 6. The highest BCUT2D eigenvalue weighted by Gasteiger charge is 2.25. The first-order chi connectivity index (χ1) is 39.6. The molecule has 2 atom stereocenters.